The Morgan fingerprint density at radius 2 is 1.52 bits per heavy atom. The highest BCUT2D eigenvalue weighted by molar-refractivity contribution is 5.90. The Kier molecular flexibility index (Phi) is 4.17. The smallest absolute Gasteiger partial charge is 0.351 e. The highest BCUT2D eigenvalue weighted by Crippen LogP contribution is 2.39. The number of amidine groups is 1. The SMILES string of the molecule is N#CCC1=C(C(F)(F)F)N=C(C(F)(F)F)NC1C(F)(F)F. The number of halogens is 9. The normalized spacial score (nSPS) is 20.8. The molecule has 0 spiro atoms. The lowest BCUT2D eigenvalue weighted by atomic mass is 9.99. The summed E-state index contributed by atoms with van der Waals surface area (Å²) in [7, 11) is 0. The third kappa shape index (κ3) is 3.79. The van der Waals surface area contributed by atoms with Crippen LogP contribution in [0.15, 0.2) is 16.3 Å². The van der Waals surface area contributed by atoms with Gasteiger partial charge in [-0.15, -0.1) is 0 Å². The average Bonchev–Trinajstić information content (AvgIpc) is 2.24. The fourth-order valence-electron chi connectivity index (χ4n) is 1.52. The van der Waals surface area contributed by atoms with Crippen LogP contribution in [0.25, 0.3) is 0 Å². The summed E-state index contributed by atoms with van der Waals surface area (Å²) in [5.41, 5.74) is -3.97. The van der Waals surface area contributed by atoms with Gasteiger partial charge in [-0.3, -0.25) is 0 Å². The zero-order chi connectivity index (χ0) is 16.6. The Morgan fingerprint density at radius 1 is 1.00 bits per heavy atom. The van der Waals surface area contributed by atoms with Crippen LogP contribution >= 0.6 is 0 Å². The maximum atomic E-state index is 12.6. The van der Waals surface area contributed by atoms with E-state index in [0.717, 1.165) is 11.4 Å². The minimum atomic E-state index is -5.56. The van der Waals surface area contributed by atoms with Crippen molar-refractivity contribution in [3.05, 3.63) is 11.3 Å². The first-order valence-corrected chi connectivity index (χ1v) is 4.94. The number of nitrogens with one attached hydrogen (secondary N) is 1. The topological polar surface area (TPSA) is 48.2 Å². The highest BCUT2D eigenvalue weighted by atomic mass is 19.4. The van der Waals surface area contributed by atoms with Crippen LogP contribution < -0.4 is 5.32 Å². The summed E-state index contributed by atoms with van der Waals surface area (Å²) in [5.74, 6) is -2.42. The van der Waals surface area contributed by atoms with Crippen LogP contribution in [0.1, 0.15) is 6.42 Å². The van der Waals surface area contributed by atoms with Crippen LogP contribution in [0.5, 0.6) is 0 Å². The van der Waals surface area contributed by atoms with E-state index in [0.29, 0.717) is 0 Å². The molecule has 3 nitrogen and oxygen atoms in total. The molecule has 0 aliphatic carbocycles. The number of nitrogens with zero attached hydrogens (tertiary/aromatic N) is 2. The third-order valence-electron chi connectivity index (χ3n) is 2.29. The van der Waals surface area contributed by atoms with Crippen molar-refractivity contribution >= 4 is 5.84 Å². The molecule has 1 unspecified atom stereocenters. The van der Waals surface area contributed by atoms with E-state index in [4.69, 9.17) is 5.26 Å². The monoisotopic (exact) mass is 325 g/mol. The molecule has 0 fully saturated rings. The minimum Gasteiger partial charge on any atom is -0.351 e. The van der Waals surface area contributed by atoms with Crippen LogP contribution in [-0.4, -0.2) is 30.4 Å². The highest BCUT2D eigenvalue weighted by Gasteiger charge is 2.53. The molecular formula is C9H4F9N3. The van der Waals surface area contributed by atoms with Crippen LogP contribution in [0.2, 0.25) is 0 Å². The lowest BCUT2D eigenvalue weighted by Crippen LogP contribution is -2.54. The van der Waals surface area contributed by atoms with Crippen molar-refractivity contribution in [2.24, 2.45) is 4.99 Å². The molecule has 1 rings (SSSR count). The predicted octanol–water partition coefficient (Wildman–Crippen LogP) is 3.21. The second-order valence-electron chi connectivity index (χ2n) is 3.78. The Labute approximate surface area is 110 Å². The minimum absolute atomic E-state index is 0.861. The molecule has 0 aromatic rings. The second kappa shape index (κ2) is 5.12. The van der Waals surface area contributed by atoms with Gasteiger partial charge >= 0.3 is 18.5 Å². The lowest BCUT2D eigenvalue weighted by molar-refractivity contribution is -0.148. The van der Waals surface area contributed by atoms with Gasteiger partial charge in [0, 0.05) is 5.57 Å². The molecule has 0 bridgehead atoms. The molecule has 118 valence electrons. The number of allylic oxidation sites excluding steroid dienone is 1. The van der Waals surface area contributed by atoms with Crippen LogP contribution in [-0.2, 0) is 0 Å². The lowest BCUT2D eigenvalue weighted by Gasteiger charge is -2.31. The fraction of sp³-hybridized carbons (Fsp3) is 0.556. The molecule has 12 heteroatoms. The molecule has 1 aliphatic rings. The number of rotatable bonds is 1. The van der Waals surface area contributed by atoms with Gasteiger partial charge in [0.1, 0.15) is 11.7 Å². The summed E-state index contributed by atoms with van der Waals surface area (Å²) in [5, 5.41) is 9.16. The summed E-state index contributed by atoms with van der Waals surface area (Å²) < 4.78 is 113. The van der Waals surface area contributed by atoms with Gasteiger partial charge in [-0.1, -0.05) is 0 Å². The average molecular weight is 325 g/mol. The Balaban J connectivity index is 3.56. The molecule has 0 saturated heterocycles. The van der Waals surface area contributed by atoms with Crippen LogP contribution in [0.3, 0.4) is 0 Å². The number of nitriles is 1. The van der Waals surface area contributed by atoms with Gasteiger partial charge in [0.05, 0.1) is 12.5 Å². The first-order chi connectivity index (χ1) is 9.28. The molecule has 0 aromatic carbocycles. The summed E-state index contributed by atoms with van der Waals surface area (Å²) in [6, 6.07) is -2.24. The quantitative estimate of drug-likeness (QED) is 0.753. The molecule has 1 N–H and O–H groups in total. The molecular weight excluding hydrogens is 321 g/mol. The molecule has 1 atom stereocenters. The summed E-state index contributed by atoms with van der Waals surface area (Å²) in [6.45, 7) is 0. The number of alkyl halides is 9. The molecule has 0 saturated carbocycles. The van der Waals surface area contributed by atoms with Gasteiger partial charge in [0.25, 0.3) is 0 Å². The van der Waals surface area contributed by atoms with Crippen molar-refractivity contribution in [3.8, 4) is 6.07 Å². The van der Waals surface area contributed by atoms with Gasteiger partial charge in [-0.2, -0.15) is 44.8 Å². The summed E-state index contributed by atoms with van der Waals surface area (Å²) >= 11 is 0. The van der Waals surface area contributed by atoms with Crippen molar-refractivity contribution in [1.82, 2.24) is 5.32 Å². The maximum absolute atomic E-state index is 12.6. The van der Waals surface area contributed by atoms with Crippen molar-refractivity contribution in [1.29, 1.82) is 5.26 Å². The second-order valence-corrected chi connectivity index (χ2v) is 3.78. The van der Waals surface area contributed by atoms with E-state index in [2.05, 4.69) is 4.99 Å². The Morgan fingerprint density at radius 3 is 1.86 bits per heavy atom. The summed E-state index contributed by atoms with van der Waals surface area (Å²) in [6.07, 6.45) is -17.9. The van der Waals surface area contributed by atoms with Gasteiger partial charge in [-0.05, 0) is 0 Å². The van der Waals surface area contributed by atoms with E-state index in [1.165, 1.54) is 0 Å². The molecule has 21 heavy (non-hydrogen) atoms. The molecule has 0 amide bonds. The van der Waals surface area contributed by atoms with Gasteiger partial charge in [-0.25, -0.2) is 4.99 Å². The van der Waals surface area contributed by atoms with E-state index in [1.807, 2.05) is 0 Å². The molecule has 0 radical (unpaired) electrons. The van der Waals surface area contributed by atoms with Crippen molar-refractivity contribution in [2.45, 2.75) is 31.0 Å². The van der Waals surface area contributed by atoms with E-state index >= 15 is 0 Å². The zero-order valence-electron chi connectivity index (χ0n) is 9.58. The fourth-order valence-corrected chi connectivity index (χ4v) is 1.52. The van der Waals surface area contributed by atoms with E-state index < -0.39 is 48.1 Å². The molecule has 1 heterocycles. The number of hydrogen-bond donors (Lipinski definition) is 1. The van der Waals surface area contributed by atoms with Gasteiger partial charge < -0.3 is 5.32 Å². The number of aliphatic imine (C=N–C) groups is 1. The molecule has 0 aromatic heterocycles. The Bertz CT molecular complexity index is 515. The summed E-state index contributed by atoms with van der Waals surface area (Å²) in [4.78, 5) is 2.17. The van der Waals surface area contributed by atoms with E-state index in [9.17, 15) is 39.5 Å². The van der Waals surface area contributed by atoms with Crippen LogP contribution in [0, 0.1) is 11.3 Å². The first kappa shape index (κ1) is 17.1. The maximum Gasteiger partial charge on any atom is 0.449 e. The van der Waals surface area contributed by atoms with Gasteiger partial charge in [0.2, 0.25) is 5.84 Å². The first-order valence-electron chi connectivity index (χ1n) is 4.94. The zero-order valence-corrected chi connectivity index (χ0v) is 9.58. The van der Waals surface area contributed by atoms with Gasteiger partial charge in [0.15, 0.2) is 0 Å². The van der Waals surface area contributed by atoms with Crippen LogP contribution in [0.4, 0.5) is 39.5 Å². The molecule has 1 aliphatic heterocycles. The third-order valence-corrected chi connectivity index (χ3v) is 2.29. The van der Waals surface area contributed by atoms with Crippen molar-refractivity contribution in [2.75, 3.05) is 0 Å². The standard InChI is InChI=1S/C9H4F9N3/c10-7(11,12)4-3(1-2-19)5(8(13,14)15)21-6(20-4)9(16,17)18/h4H,1H2,(H,20,21). The van der Waals surface area contributed by atoms with E-state index in [1.54, 1.807) is 0 Å². The largest absolute Gasteiger partial charge is 0.449 e. The Hall–Kier alpha value is -1.93. The number of hydrogen-bond acceptors (Lipinski definition) is 3. The van der Waals surface area contributed by atoms with E-state index in [-0.39, 0.29) is 0 Å². The predicted molar refractivity (Wildman–Crippen MR) is 49.8 cm³/mol. The van der Waals surface area contributed by atoms with Crippen molar-refractivity contribution in [3.63, 3.8) is 0 Å². The van der Waals surface area contributed by atoms with Crippen molar-refractivity contribution < 1.29 is 39.5 Å².